The Morgan fingerprint density at radius 2 is 1.45 bits per heavy atom. The maximum atomic E-state index is 13.7. The Balaban J connectivity index is 1.16. The van der Waals surface area contributed by atoms with Crippen molar-refractivity contribution in [3.63, 3.8) is 0 Å². The third kappa shape index (κ3) is 6.35. The zero-order valence-corrected chi connectivity index (χ0v) is 19.8. The summed E-state index contributed by atoms with van der Waals surface area (Å²) in [7, 11) is 0. The van der Waals surface area contributed by atoms with Crippen LogP contribution in [0.25, 0.3) is 0 Å². The highest BCUT2D eigenvalue weighted by atomic mass is 35.5. The maximum Gasteiger partial charge on any atom is 0.142 e. The van der Waals surface area contributed by atoms with E-state index in [1.54, 1.807) is 12.1 Å². The molecular weight excluding hydrogens is 403 g/mol. The normalized spacial score (nSPS) is 27.7. The molecule has 4 rings (SSSR count). The maximum absolute atomic E-state index is 13.7. The summed E-state index contributed by atoms with van der Waals surface area (Å²) in [5.74, 6) is 4.07. The van der Waals surface area contributed by atoms with Crippen LogP contribution in [0.5, 0.6) is 0 Å². The molecule has 2 aliphatic rings. The third-order valence-electron chi connectivity index (χ3n) is 8.33. The molecule has 168 valence electrons. The first-order valence-electron chi connectivity index (χ1n) is 12.6. The molecule has 2 aromatic carbocycles. The average molecular weight is 441 g/mol. The van der Waals surface area contributed by atoms with Crippen molar-refractivity contribution in [2.24, 2.45) is 23.7 Å². The molecule has 0 aromatic heterocycles. The molecule has 0 saturated heterocycles. The van der Waals surface area contributed by atoms with E-state index in [0.29, 0.717) is 5.92 Å². The van der Waals surface area contributed by atoms with Gasteiger partial charge in [-0.15, -0.1) is 0 Å². The van der Waals surface area contributed by atoms with E-state index in [4.69, 9.17) is 11.6 Å². The van der Waals surface area contributed by atoms with Crippen molar-refractivity contribution in [1.82, 2.24) is 0 Å². The van der Waals surface area contributed by atoms with E-state index in [2.05, 4.69) is 37.3 Å². The molecule has 0 bridgehead atoms. The lowest BCUT2D eigenvalue weighted by atomic mass is 9.67. The van der Waals surface area contributed by atoms with Crippen LogP contribution in [0.15, 0.2) is 48.5 Å². The van der Waals surface area contributed by atoms with Gasteiger partial charge >= 0.3 is 0 Å². The fourth-order valence-corrected chi connectivity index (χ4v) is 6.44. The van der Waals surface area contributed by atoms with Crippen LogP contribution in [-0.2, 0) is 6.42 Å². The van der Waals surface area contributed by atoms with Crippen LogP contribution < -0.4 is 0 Å². The smallest absolute Gasteiger partial charge is 0.142 e. The minimum Gasteiger partial charge on any atom is -0.205 e. The van der Waals surface area contributed by atoms with Gasteiger partial charge in [-0.2, -0.15) is 0 Å². The van der Waals surface area contributed by atoms with Crippen LogP contribution in [0.4, 0.5) is 4.39 Å². The number of aryl methyl sites for hydroxylation is 1. The van der Waals surface area contributed by atoms with Gasteiger partial charge in [0.15, 0.2) is 0 Å². The van der Waals surface area contributed by atoms with Gasteiger partial charge < -0.3 is 0 Å². The molecule has 0 N–H and O–H groups in total. The summed E-state index contributed by atoms with van der Waals surface area (Å²) in [5.41, 5.74) is 2.59. The number of rotatable bonds is 7. The van der Waals surface area contributed by atoms with Gasteiger partial charge in [0.2, 0.25) is 0 Å². The van der Waals surface area contributed by atoms with Crippen LogP contribution in [0.1, 0.15) is 88.2 Å². The third-order valence-corrected chi connectivity index (χ3v) is 8.64. The van der Waals surface area contributed by atoms with Gasteiger partial charge in [-0.25, -0.2) is 4.39 Å². The van der Waals surface area contributed by atoms with E-state index in [-0.39, 0.29) is 10.8 Å². The first-order chi connectivity index (χ1) is 15.1. The Bertz CT molecular complexity index is 801. The summed E-state index contributed by atoms with van der Waals surface area (Å²) < 4.78 is 13.7. The Hall–Kier alpha value is -1.34. The second-order valence-corrected chi connectivity index (χ2v) is 10.8. The van der Waals surface area contributed by atoms with Crippen molar-refractivity contribution in [3.8, 4) is 0 Å². The van der Waals surface area contributed by atoms with Gasteiger partial charge in [-0.05, 0) is 97.8 Å². The number of benzene rings is 2. The van der Waals surface area contributed by atoms with E-state index in [1.807, 2.05) is 6.07 Å². The van der Waals surface area contributed by atoms with Gasteiger partial charge in [0.1, 0.15) is 5.82 Å². The van der Waals surface area contributed by atoms with Crippen molar-refractivity contribution in [2.75, 3.05) is 0 Å². The van der Waals surface area contributed by atoms with E-state index in [1.165, 1.54) is 69.8 Å². The molecule has 0 amide bonds. The molecule has 31 heavy (non-hydrogen) atoms. The lowest BCUT2D eigenvalue weighted by Crippen LogP contribution is -2.26. The Kier molecular flexibility index (Phi) is 8.10. The SMILES string of the molecule is C[C@@H](CC1CCC(C2CCC(CCc3ccc(Cl)c(F)c3)CC2)CC1)c1ccccc1. The van der Waals surface area contributed by atoms with Gasteiger partial charge in [-0.3, -0.25) is 0 Å². The standard InChI is InChI=1S/C29H38ClF/c1-21(25-5-3-2-4-6-25)19-23-11-16-27(17-12-23)26-14-9-22(10-15-26)7-8-24-13-18-28(30)29(31)20-24/h2-6,13,18,20-23,26-27H,7-12,14-17,19H2,1H3/t21-,22?,23?,26?,27?/m0/s1. The van der Waals surface area contributed by atoms with Crippen LogP contribution in [0, 0.1) is 29.5 Å². The molecule has 2 saturated carbocycles. The Morgan fingerprint density at radius 3 is 2.06 bits per heavy atom. The largest absolute Gasteiger partial charge is 0.205 e. The molecule has 0 nitrogen and oxygen atoms in total. The molecule has 0 unspecified atom stereocenters. The summed E-state index contributed by atoms with van der Waals surface area (Å²) in [6, 6.07) is 16.3. The molecule has 0 spiro atoms. The summed E-state index contributed by atoms with van der Waals surface area (Å²) in [4.78, 5) is 0. The summed E-state index contributed by atoms with van der Waals surface area (Å²) in [5, 5.41) is 0.230. The zero-order valence-electron chi connectivity index (χ0n) is 19.0. The molecule has 2 fully saturated rings. The summed E-state index contributed by atoms with van der Waals surface area (Å²) in [6.45, 7) is 2.40. The highest BCUT2D eigenvalue weighted by Crippen LogP contribution is 2.44. The van der Waals surface area contributed by atoms with Crippen LogP contribution >= 0.6 is 11.6 Å². The Morgan fingerprint density at radius 1 is 0.839 bits per heavy atom. The summed E-state index contributed by atoms with van der Waals surface area (Å²) >= 11 is 5.81. The predicted molar refractivity (Wildman–Crippen MR) is 130 cm³/mol. The van der Waals surface area contributed by atoms with Crippen LogP contribution in [-0.4, -0.2) is 0 Å². The quantitative estimate of drug-likeness (QED) is 0.402. The van der Waals surface area contributed by atoms with Crippen molar-refractivity contribution in [3.05, 3.63) is 70.5 Å². The molecule has 0 heterocycles. The topological polar surface area (TPSA) is 0 Å². The second kappa shape index (κ2) is 11.0. The summed E-state index contributed by atoms with van der Waals surface area (Å²) in [6.07, 6.45) is 14.9. The molecule has 2 aromatic rings. The predicted octanol–water partition coefficient (Wildman–Crippen LogP) is 9.22. The zero-order chi connectivity index (χ0) is 21.6. The molecule has 0 radical (unpaired) electrons. The highest BCUT2D eigenvalue weighted by molar-refractivity contribution is 6.30. The van der Waals surface area contributed by atoms with Crippen molar-refractivity contribution in [2.45, 2.75) is 83.5 Å². The Labute approximate surface area is 193 Å². The minimum absolute atomic E-state index is 0.230. The minimum atomic E-state index is -0.281. The van der Waals surface area contributed by atoms with E-state index in [9.17, 15) is 4.39 Å². The van der Waals surface area contributed by atoms with E-state index >= 15 is 0 Å². The van der Waals surface area contributed by atoms with E-state index < -0.39 is 0 Å². The fourth-order valence-electron chi connectivity index (χ4n) is 6.33. The van der Waals surface area contributed by atoms with Gasteiger partial charge in [0.05, 0.1) is 5.02 Å². The number of hydrogen-bond donors (Lipinski definition) is 0. The van der Waals surface area contributed by atoms with Crippen molar-refractivity contribution < 1.29 is 4.39 Å². The van der Waals surface area contributed by atoms with Crippen molar-refractivity contribution >= 4 is 11.6 Å². The second-order valence-electron chi connectivity index (χ2n) is 10.4. The molecule has 2 heteroatoms. The molecular formula is C29H38ClF. The van der Waals surface area contributed by atoms with Gasteiger partial charge in [0, 0.05) is 0 Å². The van der Waals surface area contributed by atoms with Crippen LogP contribution in [0.3, 0.4) is 0 Å². The molecule has 1 atom stereocenters. The average Bonchev–Trinajstić information content (AvgIpc) is 2.81. The highest BCUT2D eigenvalue weighted by Gasteiger charge is 2.31. The first-order valence-corrected chi connectivity index (χ1v) is 12.9. The van der Waals surface area contributed by atoms with Gasteiger partial charge in [0.25, 0.3) is 0 Å². The monoisotopic (exact) mass is 440 g/mol. The lowest BCUT2D eigenvalue weighted by Gasteiger charge is -2.38. The van der Waals surface area contributed by atoms with Gasteiger partial charge in [-0.1, -0.05) is 80.6 Å². The molecule has 2 aliphatic carbocycles. The fraction of sp³-hybridized carbons (Fsp3) is 0.586. The first kappa shape index (κ1) is 22.8. The molecule has 0 aliphatic heterocycles. The van der Waals surface area contributed by atoms with E-state index in [0.717, 1.165) is 35.7 Å². The number of halogens is 2. The van der Waals surface area contributed by atoms with Crippen molar-refractivity contribution in [1.29, 1.82) is 0 Å². The van der Waals surface area contributed by atoms with Crippen LogP contribution in [0.2, 0.25) is 5.02 Å². The number of hydrogen-bond acceptors (Lipinski definition) is 0. The lowest BCUT2D eigenvalue weighted by molar-refractivity contribution is 0.139.